The molecule has 0 saturated carbocycles. The van der Waals surface area contributed by atoms with Gasteiger partial charge in [-0.1, -0.05) is 54.9 Å². The average molecular weight is 288 g/mol. The summed E-state index contributed by atoms with van der Waals surface area (Å²) >= 11 is 6.08. The van der Waals surface area contributed by atoms with Crippen LogP contribution >= 0.6 is 11.6 Å². The van der Waals surface area contributed by atoms with Crippen LogP contribution in [-0.4, -0.2) is 5.91 Å². The fourth-order valence-electron chi connectivity index (χ4n) is 2.22. The van der Waals surface area contributed by atoms with Crippen LogP contribution in [0.3, 0.4) is 0 Å². The van der Waals surface area contributed by atoms with Gasteiger partial charge in [-0.25, -0.2) is 0 Å². The van der Waals surface area contributed by atoms with E-state index in [0.29, 0.717) is 5.02 Å². The quantitative estimate of drug-likeness (QED) is 0.861. The monoisotopic (exact) mass is 287 g/mol. The van der Waals surface area contributed by atoms with Crippen molar-refractivity contribution in [3.05, 3.63) is 64.7 Å². The first-order valence-electron chi connectivity index (χ1n) is 6.74. The van der Waals surface area contributed by atoms with Crippen LogP contribution in [-0.2, 0) is 4.79 Å². The molecule has 2 aromatic rings. The van der Waals surface area contributed by atoms with Crippen LogP contribution in [0.15, 0.2) is 48.5 Å². The van der Waals surface area contributed by atoms with E-state index in [2.05, 4.69) is 5.32 Å². The van der Waals surface area contributed by atoms with E-state index in [1.807, 2.05) is 62.4 Å². The van der Waals surface area contributed by atoms with E-state index in [9.17, 15) is 4.79 Å². The molecule has 0 unspecified atom stereocenters. The van der Waals surface area contributed by atoms with Crippen LogP contribution in [0.4, 0.5) is 5.69 Å². The maximum Gasteiger partial charge on any atom is 0.231 e. The Hall–Kier alpha value is -1.80. The number of halogens is 1. The number of nitrogens with one attached hydrogen (secondary N) is 1. The van der Waals surface area contributed by atoms with Gasteiger partial charge in [0.15, 0.2) is 0 Å². The summed E-state index contributed by atoms with van der Waals surface area (Å²) in [5.41, 5.74) is 2.70. The predicted molar refractivity (Wildman–Crippen MR) is 84.3 cm³/mol. The molecule has 0 spiro atoms. The molecule has 0 radical (unpaired) electrons. The van der Waals surface area contributed by atoms with Crippen molar-refractivity contribution in [2.24, 2.45) is 0 Å². The minimum atomic E-state index is -0.144. The summed E-state index contributed by atoms with van der Waals surface area (Å²) in [6.07, 6.45) is 0.759. The molecule has 3 heteroatoms. The van der Waals surface area contributed by atoms with Gasteiger partial charge in [0.05, 0.1) is 5.92 Å². The number of benzene rings is 2. The molecule has 2 rings (SSSR count). The van der Waals surface area contributed by atoms with Crippen molar-refractivity contribution in [2.75, 3.05) is 5.32 Å². The van der Waals surface area contributed by atoms with Crippen LogP contribution in [0.2, 0.25) is 5.02 Å². The SMILES string of the molecule is CC[C@@H](C(=O)Nc1cccc(Cl)c1C)c1ccccc1. The van der Waals surface area contributed by atoms with Crippen LogP contribution in [0.1, 0.15) is 30.4 Å². The predicted octanol–water partition coefficient (Wildman–Crippen LogP) is 4.78. The summed E-state index contributed by atoms with van der Waals surface area (Å²) < 4.78 is 0. The molecule has 0 bridgehead atoms. The highest BCUT2D eigenvalue weighted by Crippen LogP contribution is 2.26. The zero-order valence-electron chi connectivity index (χ0n) is 11.7. The maximum atomic E-state index is 12.5. The molecule has 0 heterocycles. The van der Waals surface area contributed by atoms with Crippen molar-refractivity contribution in [1.82, 2.24) is 0 Å². The molecule has 20 heavy (non-hydrogen) atoms. The highest BCUT2D eigenvalue weighted by molar-refractivity contribution is 6.31. The van der Waals surface area contributed by atoms with Gasteiger partial charge in [-0.3, -0.25) is 4.79 Å². The zero-order valence-corrected chi connectivity index (χ0v) is 12.4. The minimum absolute atomic E-state index is 0.00377. The fourth-order valence-corrected chi connectivity index (χ4v) is 2.40. The van der Waals surface area contributed by atoms with E-state index in [-0.39, 0.29) is 11.8 Å². The lowest BCUT2D eigenvalue weighted by molar-refractivity contribution is -0.117. The first-order chi connectivity index (χ1) is 9.63. The van der Waals surface area contributed by atoms with E-state index in [0.717, 1.165) is 23.2 Å². The number of amides is 1. The van der Waals surface area contributed by atoms with Gasteiger partial charge in [0.2, 0.25) is 5.91 Å². The molecule has 0 fully saturated rings. The second-order valence-electron chi connectivity index (χ2n) is 4.77. The lowest BCUT2D eigenvalue weighted by atomic mass is 9.95. The van der Waals surface area contributed by atoms with Crippen molar-refractivity contribution < 1.29 is 4.79 Å². The Morgan fingerprint density at radius 2 is 1.85 bits per heavy atom. The zero-order chi connectivity index (χ0) is 14.5. The Morgan fingerprint density at radius 1 is 1.15 bits per heavy atom. The van der Waals surface area contributed by atoms with E-state index < -0.39 is 0 Å². The fraction of sp³-hybridized carbons (Fsp3) is 0.235. The second kappa shape index (κ2) is 6.58. The molecule has 0 aliphatic rings. The Balaban J connectivity index is 2.20. The van der Waals surface area contributed by atoms with E-state index in [4.69, 9.17) is 11.6 Å². The normalized spacial score (nSPS) is 11.9. The summed E-state index contributed by atoms with van der Waals surface area (Å²) in [5, 5.41) is 3.64. The molecule has 2 aromatic carbocycles. The van der Waals surface area contributed by atoms with Crippen LogP contribution < -0.4 is 5.32 Å². The smallest absolute Gasteiger partial charge is 0.231 e. The van der Waals surface area contributed by atoms with E-state index in [1.54, 1.807) is 0 Å². The number of hydrogen-bond donors (Lipinski definition) is 1. The maximum absolute atomic E-state index is 12.5. The minimum Gasteiger partial charge on any atom is -0.325 e. The molecule has 104 valence electrons. The summed E-state index contributed by atoms with van der Waals surface area (Å²) in [6.45, 7) is 3.92. The molecule has 0 saturated heterocycles. The molecule has 1 N–H and O–H groups in total. The van der Waals surface area contributed by atoms with Gasteiger partial charge in [0, 0.05) is 10.7 Å². The molecule has 0 aromatic heterocycles. The van der Waals surface area contributed by atoms with E-state index >= 15 is 0 Å². The summed E-state index contributed by atoms with van der Waals surface area (Å²) in [4.78, 5) is 12.5. The molecule has 2 nitrogen and oxygen atoms in total. The third-order valence-electron chi connectivity index (χ3n) is 3.45. The lowest BCUT2D eigenvalue weighted by Gasteiger charge is -2.17. The highest BCUT2D eigenvalue weighted by atomic mass is 35.5. The molecule has 0 aliphatic heterocycles. The van der Waals surface area contributed by atoms with Gasteiger partial charge in [-0.05, 0) is 36.6 Å². The largest absolute Gasteiger partial charge is 0.325 e. The number of carbonyl (C=O) groups is 1. The second-order valence-corrected chi connectivity index (χ2v) is 5.18. The van der Waals surface area contributed by atoms with Crippen molar-refractivity contribution in [3.8, 4) is 0 Å². The summed E-state index contributed by atoms with van der Waals surface area (Å²) in [6, 6.07) is 15.4. The van der Waals surface area contributed by atoms with Gasteiger partial charge >= 0.3 is 0 Å². The number of carbonyl (C=O) groups excluding carboxylic acids is 1. The standard InChI is InChI=1S/C17H18ClNO/c1-3-14(13-8-5-4-6-9-13)17(20)19-16-11-7-10-15(18)12(16)2/h4-11,14H,3H2,1-2H3,(H,19,20)/t14-/m1/s1. The van der Waals surface area contributed by atoms with Crippen molar-refractivity contribution in [1.29, 1.82) is 0 Å². The van der Waals surface area contributed by atoms with Gasteiger partial charge in [-0.15, -0.1) is 0 Å². The third kappa shape index (κ3) is 3.20. The van der Waals surface area contributed by atoms with Crippen LogP contribution in [0.5, 0.6) is 0 Å². The first-order valence-corrected chi connectivity index (χ1v) is 7.12. The van der Waals surface area contributed by atoms with Crippen LogP contribution in [0.25, 0.3) is 0 Å². The number of anilines is 1. The van der Waals surface area contributed by atoms with Crippen molar-refractivity contribution in [3.63, 3.8) is 0 Å². The topological polar surface area (TPSA) is 29.1 Å². The van der Waals surface area contributed by atoms with Gasteiger partial charge in [-0.2, -0.15) is 0 Å². The number of rotatable bonds is 4. The lowest BCUT2D eigenvalue weighted by Crippen LogP contribution is -2.21. The van der Waals surface area contributed by atoms with Crippen molar-refractivity contribution >= 4 is 23.2 Å². The van der Waals surface area contributed by atoms with Crippen molar-refractivity contribution in [2.45, 2.75) is 26.2 Å². The van der Waals surface area contributed by atoms with Gasteiger partial charge in [0.1, 0.15) is 0 Å². The molecular weight excluding hydrogens is 270 g/mol. The highest BCUT2D eigenvalue weighted by Gasteiger charge is 2.19. The Morgan fingerprint density at radius 3 is 2.50 bits per heavy atom. The van der Waals surface area contributed by atoms with Gasteiger partial charge < -0.3 is 5.32 Å². The summed E-state index contributed by atoms with van der Waals surface area (Å²) in [7, 11) is 0. The molecule has 1 amide bonds. The molecule has 1 atom stereocenters. The third-order valence-corrected chi connectivity index (χ3v) is 3.86. The first kappa shape index (κ1) is 14.6. The van der Waals surface area contributed by atoms with Gasteiger partial charge in [0.25, 0.3) is 0 Å². The Labute approximate surface area is 124 Å². The van der Waals surface area contributed by atoms with E-state index in [1.165, 1.54) is 0 Å². The number of hydrogen-bond acceptors (Lipinski definition) is 1. The molecule has 0 aliphatic carbocycles. The molecular formula is C17H18ClNO. The summed E-state index contributed by atoms with van der Waals surface area (Å²) in [5.74, 6) is -0.140. The van der Waals surface area contributed by atoms with Crippen LogP contribution in [0, 0.1) is 6.92 Å². The Kier molecular flexibility index (Phi) is 4.80. The average Bonchev–Trinajstić information content (AvgIpc) is 2.46. The Bertz CT molecular complexity index is 595.